The smallest absolute Gasteiger partial charge is 0.224 e. The average molecular weight is 304 g/mol. The van der Waals surface area contributed by atoms with Crippen molar-refractivity contribution in [3.63, 3.8) is 0 Å². The zero-order valence-corrected chi connectivity index (χ0v) is 10.9. The quantitative estimate of drug-likeness (QED) is 0.855. The van der Waals surface area contributed by atoms with Gasteiger partial charge >= 0.3 is 0 Å². The van der Waals surface area contributed by atoms with Crippen LogP contribution in [0.5, 0.6) is 0 Å². The molecule has 1 aromatic rings. The number of halogens is 3. The molecule has 1 saturated carbocycles. The fourth-order valence-electron chi connectivity index (χ4n) is 1.57. The Morgan fingerprint density at radius 2 is 2.06 bits per heavy atom. The van der Waals surface area contributed by atoms with E-state index in [-0.39, 0.29) is 27.9 Å². The van der Waals surface area contributed by atoms with Gasteiger partial charge in [0.2, 0.25) is 5.91 Å². The Morgan fingerprint density at radius 1 is 1.41 bits per heavy atom. The normalized spacial score (nSPS) is 16.7. The van der Waals surface area contributed by atoms with E-state index in [0.717, 1.165) is 25.0 Å². The molecule has 0 spiro atoms. The van der Waals surface area contributed by atoms with Gasteiger partial charge in [0.25, 0.3) is 0 Å². The van der Waals surface area contributed by atoms with Crippen molar-refractivity contribution in [2.45, 2.75) is 31.7 Å². The zero-order valence-electron chi connectivity index (χ0n) is 9.32. The molecule has 0 radical (unpaired) electrons. The van der Waals surface area contributed by atoms with Gasteiger partial charge in [-0.2, -0.15) is 0 Å². The van der Waals surface area contributed by atoms with Crippen LogP contribution in [0.2, 0.25) is 0 Å². The Balaban J connectivity index is 2.07. The second-order valence-corrected chi connectivity index (χ2v) is 5.50. The summed E-state index contributed by atoms with van der Waals surface area (Å²) < 4.78 is 26.7. The molecular weight excluding hydrogens is 292 g/mol. The number of amides is 1. The van der Waals surface area contributed by atoms with E-state index in [1.165, 1.54) is 0 Å². The van der Waals surface area contributed by atoms with Crippen LogP contribution in [-0.2, 0) is 11.2 Å². The first-order valence-corrected chi connectivity index (χ1v) is 6.13. The van der Waals surface area contributed by atoms with E-state index < -0.39 is 11.6 Å². The highest BCUT2D eigenvalue weighted by atomic mass is 79.9. The van der Waals surface area contributed by atoms with E-state index in [1.807, 2.05) is 6.92 Å². The van der Waals surface area contributed by atoms with Crippen LogP contribution in [0.15, 0.2) is 16.6 Å². The molecule has 0 aromatic heterocycles. The summed E-state index contributed by atoms with van der Waals surface area (Å²) in [5.74, 6) is -1.41. The molecule has 92 valence electrons. The molecule has 0 heterocycles. The summed E-state index contributed by atoms with van der Waals surface area (Å²) in [5, 5.41) is 2.80. The topological polar surface area (TPSA) is 29.1 Å². The Labute approximate surface area is 107 Å². The summed E-state index contributed by atoms with van der Waals surface area (Å²) in [6.07, 6.45) is 1.75. The predicted molar refractivity (Wildman–Crippen MR) is 63.5 cm³/mol. The van der Waals surface area contributed by atoms with E-state index in [4.69, 9.17) is 0 Å². The lowest BCUT2D eigenvalue weighted by Gasteiger charge is -2.11. The lowest BCUT2D eigenvalue weighted by atomic mass is 10.1. The van der Waals surface area contributed by atoms with Gasteiger partial charge in [0, 0.05) is 11.1 Å². The van der Waals surface area contributed by atoms with Crippen LogP contribution in [0.3, 0.4) is 0 Å². The van der Waals surface area contributed by atoms with Crippen LogP contribution in [0.1, 0.15) is 25.3 Å². The van der Waals surface area contributed by atoms with E-state index in [9.17, 15) is 13.6 Å². The second-order valence-electron chi connectivity index (χ2n) is 4.64. The molecular formula is C12H12BrF2NO. The number of hydrogen-bond donors (Lipinski definition) is 1. The van der Waals surface area contributed by atoms with Gasteiger partial charge in [-0.15, -0.1) is 0 Å². The SMILES string of the molecule is CC1(NC(=O)Cc2cc(F)c(Br)cc2F)CC1. The summed E-state index contributed by atoms with van der Waals surface area (Å²) in [5.41, 5.74) is -0.0611. The molecule has 5 heteroatoms. The van der Waals surface area contributed by atoms with Gasteiger partial charge in [0.1, 0.15) is 11.6 Å². The van der Waals surface area contributed by atoms with Gasteiger partial charge in [-0.05, 0) is 47.8 Å². The van der Waals surface area contributed by atoms with Crippen LogP contribution in [0, 0.1) is 11.6 Å². The van der Waals surface area contributed by atoms with Crippen molar-refractivity contribution in [1.82, 2.24) is 5.32 Å². The highest BCUT2D eigenvalue weighted by Gasteiger charge is 2.38. The number of benzene rings is 1. The average Bonchev–Trinajstić information content (AvgIpc) is 2.92. The fourth-order valence-corrected chi connectivity index (χ4v) is 1.88. The van der Waals surface area contributed by atoms with Crippen LogP contribution in [0.25, 0.3) is 0 Å². The molecule has 1 amide bonds. The van der Waals surface area contributed by atoms with Crippen molar-refractivity contribution in [2.24, 2.45) is 0 Å². The Hall–Kier alpha value is -0.970. The van der Waals surface area contributed by atoms with Gasteiger partial charge < -0.3 is 5.32 Å². The summed E-state index contributed by atoms with van der Waals surface area (Å²) in [6, 6.07) is 2.09. The molecule has 2 rings (SSSR count). The lowest BCUT2D eigenvalue weighted by molar-refractivity contribution is -0.121. The molecule has 17 heavy (non-hydrogen) atoms. The molecule has 0 aliphatic heterocycles. The summed E-state index contributed by atoms with van der Waals surface area (Å²) >= 11 is 2.89. The highest BCUT2D eigenvalue weighted by Crippen LogP contribution is 2.34. The van der Waals surface area contributed by atoms with Gasteiger partial charge in [-0.3, -0.25) is 4.79 Å². The highest BCUT2D eigenvalue weighted by molar-refractivity contribution is 9.10. The summed E-state index contributed by atoms with van der Waals surface area (Å²) in [6.45, 7) is 1.93. The molecule has 1 aliphatic rings. The van der Waals surface area contributed by atoms with E-state index in [1.54, 1.807) is 0 Å². The van der Waals surface area contributed by atoms with Gasteiger partial charge in [0.05, 0.1) is 10.9 Å². The van der Waals surface area contributed by atoms with E-state index >= 15 is 0 Å². The van der Waals surface area contributed by atoms with E-state index in [0.29, 0.717) is 0 Å². The number of hydrogen-bond acceptors (Lipinski definition) is 1. The predicted octanol–water partition coefficient (Wildman–Crippen LogP) is 2.94. The Kier molecular flexibility index (Phi) is 3.21. The van der Waals surface area contributed by atoms with Crippen LogP contribution in [-0.4, -0.2) is 11.4 Å². The Morgan fingerprint density at radius 3 is 2.65 bits per heavy atom. The maximum Gasteiger partial charge on any atom is 0.224 e. The van der Waals surface area contributed by atoms with Gasteiger partial charge in [-0.1, -0.05) is 0 Å². The second kappa shape index (κ2) is 4.37. The summed E-state index contributed by atoms with van der Waals surface area (Å²) in [7, 11) is 0. The third-order valence-corrected chi connectivity index (χ3v) is 3.49. The van der Waals surface area contributed by atoms with Crippen LogP contribution < -0.4 is 5.32 Å². The first-order chi connectivity index (χ1) is 7.89. The number of carbonyl (C=O) groups is 1. The monoisotopic (exact) mass is 303 g/mol. The fraction of sp³-hybridized carbons (Fsp3) is 0.417. The van der Waals surface area contributed by atoms with Crippen molar-refractivity contribution in [3.8, 4) is 0 Å². The van der Waals surface area contributed by atoms with E-state index in [2.05, 4.69) is 21.2 Å². The number of nitrogens with one attached hydrogen (secondary N) is 1. The molecule has 0 bridgehead atoms. The summed E-state index contributed by atoms with van der Waals surface area (Å²) in [4.78, 5) is 11.6. The lowest BCUT2D eigenvalue weighted by Crippen LogP contribution is -2.35. The number of rotatable bonds is 3. The molecule has 1 N–H and O–H groups in total. The first kappa shape index (κ1) is 12.5. The molecule has 0 saturated heterocycles. The first-order valence-electron chi connectivity index (χ1n) is 5.34. The van der Waals surface area contributed by atoms with Crippen LogP contribution in [0.4, 0.5) is 8.78 Å². The van der Waals surface area contributed by atoms with Crippen molar-refractivity contribution < 1.29 is 13.6 Å². The standard InChI is InChI=1S/C12H12BrF2NO/c1-12(2-3-12)16-11(17)5-7-4-10(15)8(13)6-9(7)14/h4,6H,2-3,5H2,1H3,(H,16,17). The number of carbonyl (C=O) groups excluding carboxylic acids is 1. The molecule has 1 fully saturated rings. The third-order valence-electron chi connectivity index (χ3n) is 2.88. The molecule has 1 aromatic carbocycles. The Bertz CT molecular complexity index is 472. The third kappa shape index (κ3) is 3.03. The minimum atomic E-state index is -0.575. The van der Waals surface area contributed by atoms with Crippen LogP contribution >= 0.6 is 15.9 Å². The van der Waals surface area contributed by atoms with Gasteiger partial charge in [0.15, 0.2) is 0 Å². The molecule has 0 unspecified atom stereocenters. The minimum Gasteiger partial charge on any atom is -0.351 e. The largest absolute Gasteiger partial charge is 0.351 e. The maximum atomic E-state index is 13.5. The van der Waals surface area contributed by atoms with Gasteiger partial charge in [-0.25, -0.2) is 8.78 Å². The van der Waals surface area contributed by atoms with Crippen molar-refractivity contribution in [1.29, 1.82) is 0 Å². The van der Waals surface area contributed by atoms with Crippen molar-refractivity contribution in [3.05, 3.63) is 33.8 Å². The molecule has 0 atom stereocenters. The molecule has 1 aliphatic carbocycles. The zero-order chi connectivity index (χ0) is 12.6. The minimum absolute atomic E-state index is 0.0633. The van der Waals surface area contributed by atoms with Crippen molar-refractivity contribution in [2.75, 3.05) is 0 Å². The van der Waals surface area contributed by atoms with Crippen molar-refractivity contribution >= 4 is 21.8 Å². The molecule has 2 nitrogen and oxygen atoms in total. The maximum absolute atomic E-state index is 13.5.